The lowest BCUT2D eigenvalue weighted by Gasteiger charge is -2.20. The summed E-state index contributed by atoms with van der Waals surface area (Å²) < 4.78 is 0. The Morgan fingerprint density at radius 3 is 2.77 bits per heavy atom. The fourth-order valence-corrected chi connectivity index (χ4v) is 3.27. The van der Waals surface area contributed by atoms with Crippen molar-refractivity contribution in [1.29, 1.82) is 0 Å². The molecule has 26 heavy (non-hydrogen) atoms. The molecule has 3 amide bonds. The van der Waals surface area contributed by atoms with Crippen LogP contribution in [0, 0.1) is 5.92 Å². The highest BCUT2D eigenvalue weighted by Crippen LogP contribution is 2.22. The Kier molecular flexibility index (Phi) is 4.12. The minimum Gasteiger partial charge on any atom is -0.314 e. The number of carbonyl (C=O) groups is 2. The monoisotopic (exact) mass is 349 g/mol. The van der Waals surface area contributed by atoms with Gasteiger partial charge in [-0.3, -0.25) is 9.78 Å². The minimum absolute atomic E-state index is 0.0637. The predicted octanol–water partition coefficient (Wildman–Crippen LogP) is 2.49. The van der Waals surface area contributed by atoms with Gasteiger partial charge in [-0.2, -0.15) is 5.10 Å². The number of nitrogens with zero attached hydrogens (tertiary/aromatic N) is 3. The topological polar surface area (TPSA) is 86.7 Å². The van der Waals surface area contributed by atoms with E-state index in [2.05, 4.69) is 20.8 Å². The van der Waals surface area contributed by atoms with Gasteiger partial charge in [0, 0.05) is 30.8 Å². The maximum absolute atomic E-state index is 12.5. The summed E-state index contributed by atoms with van der Waals surface area (Å²) in [5.74, 6) is 0.00558. The van der Waals surface area contributed by atoms with Gasteiger partial charge >= 0.3 is 6.03 Å². The molecule has 0 bridgehead atoms. The van der Waals surface area contributed by atoms with E-state index in [4.69, 9.17) is 0 Å². The number of rotatable bonds is 2. The van der Waals surface area contributed by atoms with Crippen LogP contribution in [0.25, 0.3) is 0 Å². The average molecular weight is 349 g/mol. The lowest BCUT2D eigenvalue weighted by Crippen LogP contribution is -2.32. The molecule has 0 radical (unpaired) electrons. The summed E-state index contributed by atoms with van der Waals surface area (Å²) in [6, 6.07) is 11.2. The van der Waals surface area contributed by atoms with E-state index in [1.54, 1.807) is 11.1 Å². The van der Waals surface area contributed by atoms with Gasteiger partial charge in [-0.1, -0.05) is 25.1 Å². The number of anilines is 1. The molecule has 0 saturated heterocycles. The average Bonchev–Trinajstić information content (AvgIpc) is 3.07. The lowest BCUT2D eigenvalue weighted by molar-refractivity contribution is -0.121. The van der Waals surface area contributed by atoms with Gasteiger partial charge in [-0.25, -0.2) is 10.2 Å². The van der Waals surface area contributed by atoms with Crippen LogP contribution in [-0.2, 0) is 17.9 Å². The fourth-order valence-electron chi connectivity index (χ4n) is 3.27. The van der Waals surface area contributed by atoms with Crippen molar-refractivity contribution in [3.8, 4) is 0 Å². The second kappa shape index (κ2) is 6.59. The number of aromatic nitrogens is 1. The van der Waals surface area contributed by atoms with Crippen LogP contribution in [0.1, 0.15) is 30.2 Å². The number of amides is 3. The Balaban J connectivity index is 1.42. The molecule has 2 aliphatic heterocycles. The van der Waals surface area contributed by atoms with Gasteiger partial charge in [0.25, 0.3) is 0 Å². The third-order valence-electron chi connectivity index (χ3n) is 4.66. The Morgan fingerprint density at radius 1 is 1.23 bits per heavy atom. The molecule has 2 N–H and O–H groups in total. The third-order valence-corrected chi connectivity index (χ3v) is 4.66. The molecule has 1 aromatic carbocycles. The molecule has 0 saturated carbocycles. The van der Waals surface area contributed by atoms with Crippen molar-refractivity contribution in [2.45, 2.75) is 26.4 Å². The zero-order chi connectivity index (χ0) is 18.1. The Labute approximate surface area is 151 Å². The smallest absolute Gasteiger partial charge is 0.314 e. The molecule has 7 nitrogen and oxygen atoms in total. The highest BCUT2D eigenvalue weighted by molar-refractivity contribution is 6.06. The van der Waals surface area contributed by atoms with Gasteiger partial charge in [0.1, 0.15) is 0 Å². The molecular formula is C19H19N5O2. The Morgan fingerprint density at radius 2 is 2.04 bits per heavy atom. The molecule has 1 aromatic heterocycles. The Hall–Kier alpha value is -3.22. The number of hydrazone groups is 1. The first-order valence-electron chi connectivity index (χ1n) is 8.55. The summed E-state index contributed by atoms with van der Waals surface area (Å²) in [6.07, 6.45) is 2.18. The number of hydrogen-bond acceptors (Lipinski definition) is 4. The second-order valence-electron chi connectivity index (χ2n) is 6.61. The van der Waals surface area contributed by atoms with E-state index in [1.165, 1.54) is 0 Å². The summed E-state index contributed by atoms with van der Waals surface area (Å²) in [5.41, 5.74) is 7.06. The molecule has 132 valence electrons. The van der Waals surface area contributed by atoms with Crippen molar-refractivity contribution in [2.75, 3.05) is 5.32 Å². The number of fused-ring (bicyclic) bond motifs is 1. The lowest BCUT2D eigenvalue weighted by atomic mass is 9.94. The number of pyridine rings is 1. The number of carbonyl (C=O) groups excluding carboxylic acids is 2. The predicted molar refractivity (Wildman–Crippen MR) is 97.4 cm³/mol. The van der Waals surface area contributed by atoms with Gasteiger partial charge < -0.3 is 10.2 Å². The summed E-state index contributed by atoms with van der Waals surface area (Å²) in [4.78, 5) is 29.9. The maximum Gasteiger partial charge on any atom is 0.322 e. The standard InChI is InChI=1S/C19H19N5O2/c1-12-9-17(25)22-23-18(12)13-4-6-15(7-5-13)21-19(26)24-10-14-3-2-8-20-16(14)11-24/h2-8,12H,9-11H2,1H3,(H,21,26)(H,22,25). The van der Waals surface area contributed by atoms with Gasteiger partial charge in [0.15, 0.2) is 0 Å². The van der Waals surface area contributed by atoms with E-state index in [-0.39, 0.29) is 17.9 Å². The van der Waals surface area contributed by atoms with Gasteiger partial charge in [-0.15, -0.1) is 0 Å². The molecule has 1 atom stereocenters. The second-order valence-corrected chi connectivity index (χ2v) is 6.61. The van der Waals surface area contributed by atoms with Crippen LogP contribution in [0.4, 0.5) is 10.5 Å². The molecule has 0 spiro atoms. The van der Waals surface area contributed by atoms with E-state index in [9.17, 15) is 9.59 Å². The SMILES string of the molecule is CC1CC(=O)NN=C1c1ccc(NC(=O)N2Cc3cccnc3C2)cc1. The van der Waals surface area contributed by atoms with Crippen LogP contribution in [0.5, 0.6) is 0 Å². The summed E-state index contributed by atoms with van der Waals surface area (Å²) in [7, 11) is 0. The van der Waals surface area contributed by atoms with Crippen molar-refractivity contribution < 1.29 is 9.59 Å². The van der Waals surface area contributed by atoms with E-state index < -0.39 is 0 Å². The molecule has 0 fully saturated rings. The number of nitrogens with one attached hydrogen (secondary N) is 2. The van der Waals surface area contributed by atoms with Crippen molar-refractivity contribution in [2.24, 2.45) is 11.0 Å². The maximum atomic E-state index is 12.5. The summed E-state index contributed by atoms with van der Waals surface area (Å²) >= 11 is 0. The fraction of sp³-hybridized carbons (Fsp3) is 0.263. The largest absolute Gasteiger partial charge is 0.322 e. The van der Waals surface area contributed by atoms with Crippen LogP contribution in [-0.4, -0.2) is 27.5 Å². The van der Waals surface area contributed by atoms with Crippen molar-refractivity contribution in [3.05, 3.63) is 59.4 Å². The van der Waals surface area contributed by atoms with Gasteiger partial charge in [-0.05, 0) is 29.3 Å². The zero-order valence-corrected chi connectivity index (χ0v) is 14.4. The summed E-state index contributed by atoms with van der Waals surface area (Å²) in [6.45, 7) is 3.07. The quantitative estimate of drug-likeness (QED) is 0.873. The number of hydrogen-bond donors (Lipinski definition) is 2. The third kappa shape index (κ3) is 3.15. The first kappa shape index (κ1) is 16.3. The van der Waals surface area contributed by atoms with Gasteiger partial charge in [0.05, 0.1) is 18.0 Å². The molecular weight excluding hydrogens is 330 g/mol. The minimum atomic E-state index is -0.147. The zero-order valence-electron chi connectivity index (χ0n) is 14.4. The van der Waals surface area contributed by atoms with Crippen molar-refractivity contribution >= 4 is 23.3 Å². The van der Waals surface area contributed by atoms with Crippen LogP contribution in [0.3, 0.4) is 0 Å². The molecule has 4 rings (SSSR count). The molecule has 0 aliphatic carbocycles. The first-order chi connectivity index (χ1) is 12.6. The van der Waals surface area contributed by atoms with E-state index in [0.29, 0.717) is 19.5 Å². The molecule has 2 aromatic rings. The van der Waals surface area contributed by atoms with E-state index in [0.717, 1.165) is 28.2 Å². The first-order valence-corrected chi connectivity index (χ1v) is 8.55. The van der Waals surface area contributed by atoms with Crippen molar-refractivity contribution in [1.82, 2.24) is 15.3 Å². The van der Waals surface area contributed by atoms with Crippen molar-refractivity contribution in [3.63, 3.8) is 0 Å². The van der Waals surface area contributed by atoms with E-state index in [1.807, 2.05) is 43.3 Å². The highest BCUT2D eigenvalue weighted by Gasteiger charge is 2.24. The number of urea groups is 1. The van der Waals surface area contributed by atoms with E-state index >= 15 is 0 Å². The molecule has 2 aliphatic rings. The van der Waals surface area contributed by atoms with Crippen LogP contribution >= 0.6 is 0 Å². The molecule has 7 heteroatoms. The Bertz CT molecular complexity index is 866. The van der Waals surface area contributed by atoms with Gasteiger partial charge in [0.2, 0.25) is 5.91 Å². The van der Waals surface area contributed by atoms with Crippen LogP contribution in [0.2, 0.25) is 0 Å². The van der Waals surface area contributed by atoms with Crippen LogP contribution < -0.4 is 10.7 Å². The highest BCUT2D eigenvalue weighted by atomic mass is 16.2. The van der Waals surface area contributed by atoms with Crippen LogP contribution in [0.15, 0.2) is 47.7 Å². The summed E-state index contributed by atoms with van der Waals surface area (Å²) in [5, 5.41) is 7.07. The molecule has 1 unspecified atom stereocenters. The molecule has 3 heterocycles. The number of benzene rings is 1. The normalized spacial score (nSPS) is 18.8.